The highest BCUT2D eigenvalue weighted by Gasteiger charge is 2.16. The fourth-order valence-corrected chi connectivity index (χ4v) is 2.92. The number of aromatic nitrogens is 2. The molecule has 0 saturated heterocycles. The molecule has 0 spiro atoms. The van der Waals surface area contributed by atoms with E-state index in [0.717, 1.165) is 38.4 Å². The fourth-order valence-electron chi connectivity index (χ4n) is 2.35. The highest BCUT2D eigenvalue weighted by atomic mass is 79.9. The minimum atomic E-state index is 0.563. The first kappa shape index (κ1) is 13.0. The Morgan fingerprint density at radius 3 is 2.67 bits per heavy atom. The summed E-state index contributed by atoms with van der Waals surface area (Å²) in [7, 11) is 0. The van der Waals surface area contributed by atoms with Crippen molar-refractivity contribution < 1.29 is 9.47 Å². The third-order valence-electron chi connectivity index (χ3n) is 3.33. The summed E-state index contributed by atoms with van der Waals surface area (Å²) < 4.78 is 12.1. The largest absolute Gasteiger partial charge is 0.486 e. The van der Waals surface area contributed by atoms with Gasteiger partial charge < -0.3 is 14.5 Å². The van der Waals surface area contributed by atoms with Crippen LogP contribution in [0.15, 0.2) is 34.8 Å². The number of imidazole rings is 1. The molecule has 1 aliphatic rings. The van der Waals surface area contributed by atoms with E-state index in [4.69, 9.17) is 21.1 Å². The molecule has 0 saturated carbocycles. The Labute approximate surface area is 134 Å². The van der Waals surface area contributed by atoms with Gasteiger partial charge in [-0.2, -0.15) is 0 Å². The maximum atomic E-state index is 6.26. The molecule has 3 aromatic rings. The summed E-state index contributed by atoms with van der Waals surface area (Å²) in [5, 5.41) is 0.648. The minimum Gasteiger partial charge on any atom is -0.486 e. The number of nitrogens with one attached hydrogen (secondary N) is 1. The van der Waals surface area contributed by atoms with E-state index in [1.54, 1.807) is 0 Å². The van der Waals surface area contributed by atoms with Crippen LogP contribution in [0.2, 0.25) is 5.02 Å². The Hall–Kier alpha value is -1.72. The van der Waals surface area contributed by atoms with Gasteiger partial charge in [-0.25, -0.2) is 4.98 Å². The van der Waals surface area contributed by atoms with E-state index in [0.29, 0.717) is 18.2 Å². The number of rotatable bonds is 1. The lowest BCUT2D eigenvalue weighted by Gasteiger charge is -2.17. The van der Waals surface area contributed by atoms with E-state index in [1.165, 1.54) is 0 Å². The van der Waals surface area contributed by atoms with Gasteiger partial charge in [0.25, 0.3) is 0 Å². The molecule has 2 aromatic carbocycles. The van der Waals surface area contributed by atoms with Gasteiger partial charge in [-0.05, 0) is 18.2 Å². The van der Waals surface area contributed by atoms with Crippen molar-refractivity contribution in [3.8, 4) is 22.9 Å². The topological polar surface area (TPSA) is 47.1 Å². The van der Waals surface area contributed by atoms with Crippen LogP contribution in [0.25, 0.3) is 22.4 Å². The Morgan fingerprint density at radius 1 is 1.10 bits per heavy atom. The van der Waals surface area contributed by atoms with Crippen molar-refractivity contribution in [2.24, 2.45) is 0 Å². The first-order valence-electron chi connectivity index (χ1n) is 6.45. The van der Waals surface area contributed by atoms with Gasteiger partial charge in [-0.1, -0.05) is 27.5 Å². The number of ether oxygens (including phenoxy) is 2. The van der Waals surface area contributed by atoms with Crippen LogP contribution in [0.1, 0.15) is 0 Å². The quantitative estimate of drug-likeness (QED) is 0.694. The molecular weight excluding hydrogens is 356 g/mol. The van der Waals surface area contributed by atoms with Crippen LogP contribution in [-0.4, -0.2) is 23.2 Å². The number of aromatic amines is 1. The lowest BCUT2D eigenvalue weighted by atomic mass is 10.2. The van der Waals surface area contributed by atoms with Crippen LogP contribution in [0.3, 0.4) is 0 Å². The summed E-state index contributed by atoms with van der Waals surface area (Å²) in [4.78, 5) is 7.87. The van der Waals surface area contributed by atoms with E-state index in [9.17, 15) is 0 Å². The van der Waals surface area contributed by atoms with E-state index >= 15 is 0 Å². The van der Waals surface area contributed by atoms with Crippen LogP contribution >= 0.6 is 27.5 Å². The molecule has 4 nitrogen and oxygen atoms in total. The Kier molecular flexibility index (Phi) is 3.05. The molecule has 0 radical (unpaired) electrons. The van der Waals surface area contributed by atoms with E-state index < -0.39 is 0 Å². The third-order valence-corrected chi connectivity index (χ3v) is 4.15. The summed E-state index contributed by atoms with van der Waals surface area (Å²) in [5.41, 5.74) is 2.57. The maximum absolute atomic E-state index is 6.26. The smallest absolute Gasteiger partial charge is 0.163 e. The number of fused-ring (bicyclic) bond motifs is 2. The maximum Gasteiger partial charge on any atom is 0.163 e. The van der Waals surface area contributed by atoms with Gasteiger partial charge in [0.15, 0.2) is 11.5 Å². The van der Waals surface area contributed by atoms with Gasteiger partial charge in [-0.3, -0.25) is 0 Å². The Balaban J connectivity index is 1.88. The average Bonchev–Trinajstić information content (AvgIpc) is 2.89. The summed E-state index contributed by atoms with van der Waals surface area (Å²) in [6.45, 7) is 1.13. The Morgan fingerprint density at radius 2 is 1.86 bits per heavy atom. The number of H-pyrrole nitrogens is 1. The predicted molar refractivity (Wildman–Crippen MR) is 85.2 cm³/mol. The van der Waals surface area contributed by atoms with Crippen molar-refractivity contribution in [2.45, 2.75) is 0 Å². The van der Waals surface area contributed by atoms with Crippen LogP contribution in [0.4, 0.5) is 0 Å². The zero-order valence-electron chi connectivity index (χ0n) is 10.8. The van der Waals surface area contributed by atoms with Crippen molar-refractivity contribution in [1.29, 1.82) is 0 Å². The normalized spacial score (nSPS) is 13.6. The zero-order valence-corrected chi connectivity index (χ0v) is 13.2. The van der Waals surface area contributed by atoms with E-state index in [-0.39, 0.29) is 0 Å². The molecule has 0 amide bonds. The van der Waals surface area contributed by atoms with Gasteiger partial charge in [0, 0.05) is 22.2 Å². The minimum absolute atomic E-state index is 0.563. The van der Waals surface area contributed by atoms with Crippen LogP contribution in [0.5, 0.6) is 11.5 Å². The molecular formula is C15H10BrClN2O2. The molecule has 0 bridgehead atoms. The van der Waals surface area contributed by atoms with Crippen molar-refractivity contribution in [3.05, 3.63) is 39.8 Å². The molecule has 0 fully saturated rings. The molecule has 1 aliphatic heterocycles. The second-order valence-corrected chi connectivity index (χ2v) is 6.05. The molecule has 2 heterocycles. The molecule has 4 rings (SSSR count). The molecule has 21 heavy (non-hydrogen) atoms. The summed E-state index contributed by atoms with van der Waals surface area (Å²) >= 11 is 9.71. The highest BCUT2D eigenvalue weighted by molar-refractivity contribution is 9.10. The standard InChI is InChI=1S/C15H10BrClN2O2/c16-8-1-2-10(17)9(5-8)15-18-11-6-13-14(7-12(11)19-15)21-4-3-20-13/h1-2,5-7H,3-4H2,(H,18,19). The van der Waals surface area contributed by atoms with Gasteiger partial charge in [-0.15, -0.1) is 0 Å². The summed E-state index contributed by atoms with van der Waals surface area (Å²) in [5.74, 6) is 2.19. The number of benzene rings is 2. The Bertz CT molecular complexity index is 804. The summed E-state index contributed by atoms with van der Waals surface area (Å²) in [6, 6.07) is 9.47. The molecule has 106 valence electrons. The van der Waals surface area contributed by atoms with Crippen molar-refractivity contribution in [2.75, 3.05) is 13.2 Å². The first-order valence-corrected chi connectivity index (χ1v) is 7.62. The van der Waals surface area contributed by atoms with Crippen molar-refractivity contribution in [3.63, 3.8) is 0 Å². The molecule has 1 aromatic heterocycles. The van der Waals surface area contributed by atoms with Crippen LogP contribution in [-0.2, 0) is 0 Å². The van der Waals surface area contributed by atoms with Gasteiger partial charge in [0.2, 0.25) is 0 Å². The van der Waals surface area contributed by atoms with Gasteiger partial charge in [0.05, 0.1) is 16.1 Å². The van der Waals surface area contributed by atoms with Crippen molar-refractivity contribution >= 4 is 38.6 Å². The fraction of sp³-hybridized carbons (Fsp3) is 0.133. The molecule has 6 heteroatoms. The predicted octanol–water partition coefficient (Wildman–Crippen LogP) is 4.42. The number of nitrogens with zero attached hydrogens (tertiary/aromatic N) is 1. The van der Waals surface area contributed by atoms with E-state index in [2.05, 4.69) is 25.9 Å². The lowest BCUT2D eigenvalue weighted by Crippen LogP contribution is -2.15. The second kappa shape index (κ2) is 4.93. The molecule has 0 atom stereocenters. The second-order valence-electron chi connectivity index (χ2n) is 4.72. The summed E-state index contributed by atoms with van der Waals surface area (Å²) in [6.07, 6.45) is 0. The highest BCUT2D eigenvalue weighted by Crippen LogP contribution is 2.36. The van der Waals surface area contributed by atoms with Crippen molar-refractivity contribution in [1.82, 2.24) is 9.97 Å². The number of hydrogen-bond donors (Lipinski definition) is 1. The van der Waals surface area contributed by atoms with Crippen LogP contribution < -0.4 is 9.47 Å². The molecule has 0 aliphatic carbocycles. The molecule has 0 unspecified atom stereocenters. The zero-order chi connectivity index (χ0) is 14.4. The monoisotopic (exact) mass is 364 g/mol. The van der Waals surface area contributed by atoms with Gasteiger partial charge in [0.1, 0.15) is 19.0 Å². The first-order chi connectivity index (χ1) is 10.2. The lowest BCUT2D eigenvalue weighted by molar-refractivity contribution is 0.172. The average molecular weight is 366 g/mol. The van der Waals surface area contributed by atoms with Crippen LogP contribution in [0, 0.1) is 0 Å². The SMILES string of the molecule is Clc1ccc(Br)cc1-c1nc2cc3c(cc2[nH]1)OCCO3. The number of halogens is 2. The molecule has 1 N–H and O–H groups in total. The van der Waals surface area contributed by atoms with E-state index in [1.807, 2.05) is 30.3 Å². The third kappa shape index (κ3) is 2.26. The van der Waals surface area contributed by atoms with Gasteiger partial charge >= 0.3 is 0 Å². The number of hydrogen-bond acceptors (Lipinski definition) is 3.